The van der Waals surface area contributed by atoms with E-state index >= 15 is 0 Å². The van der Waals surface area contributed by atoms with E-state index in [-0.39, 0.29) is 17.3 Å². The normalized spacial score (nSPS) is 19.5. The van der Waals surface area contributed by atoms with Crippen molar-refractivity contribution in [3.63, 3.8) is 0 Å². The first kappa shape index (κ1) is 38.9. The first-order valence-electron chi connectivity index (χ1n) is 17.8. The fourth-order valence-electron chi connectivity index (χ4n) is 7.93. The summed E-state index contributed by atoms with van der Waals surface area (Å²) in [6.45, 7) is 28.8. The molecule has 4 unspecified atom stereocenters. The molecule has 3 aromatic rings. The lowest BCUT2D eigenvalue weighted by atomic mass is 9.57. The summed E-state index contributed by atoms with van der Waals surface area (Å²) in [7, 11) is 3.16. The van der Waals surface area contributed by atoms with Crippen LogP contribution in [0.4, 0.5) is 10.5 Å². The molecule has 0 spiro atoms. The Hall–Kier alpha value is -3.88. The third-order valence-electron chi connectivity index (χ3n) is 10.1. The lowest BCUT2D eigenvalue weighted by molar-refractivity contribution is -0.131. The van der Waals surface area contributed by atoms with E-state index in [0.717, 1.165) is 41.5 Å². The molecule has 2 aromatic heterocycles. The summed E-state index contributed by atoms with van der Waals surface area (Å²) >= 11 is 0. The largest absolute Gasteiger partial charge is 0.426 e. The average Bonchev–Trinajstić information content (AvgIpc) is 3.57. The number of carbonyl (C=O) groups is 2. The molecule has 1 fully saturated rings. The van der Waals surface area contributed by atoms with E-state index < -0.39 is 6.09 Å². The SMILES string of the molecule is [C-]#[N+]c1c(CC2C(CC(C)C)CC(C)CC2C(C)(C)C)c2nc(-c3cc(C)c(OC(C)=O)c(C)c3)[nH]n2c1OC(=O)N(CCOC)CCOC. The van der Waals surface area contributed by atoms with E-state index in [4.69, 9.17) is 30.5 Å². The van der Waals surface area contributed by atoms with E-state index in [2.05, 4.69) is 51.5 Å². The molecule has 0 bridgehead atoms. The van der Waals surface area contributed by atoms with Crippen molar-refractivity contribution in [3.8, 4) is 23.0 Å². The lowest BCUT2D eigenvalue weighted by Crippen LogP contribution is -2.40. The lowest BCUT2D eigenvalue weighted by Gasteiger charge is -2.48. The zero-order valence-corrected chi connectivity index (χ0v) is 31.9. The van der Waals surface area contributed by atoms with Crippen molar-refractivity contribution in [3.05, 3.63) is 40.2 Å². The molecule has 1 N–H and O–H groups in total. The average molecular weight is 692 g/mol. The summed E-state index contributed by atoms with van der Waals surface area (Å²) in [6.07, 6.45) is 3.44. The Morgan fingerprint density at radius 2 is 1.70 bits per heavy atom. The van der Waals surface area contributed by atoms with E-state index in [1.165, 1.54) is 11.8 Å². The Morgan fingerprint density at radius 3 is 2.22 bits per heavy atom. The Morgan fingerprint density at radius 1 is 1.08 bits per heavy atom. The Balaban J connectivity index is 1.90. The number of aromatic amines is 1. The second-order valence-electron chi connectivity index (χ2n) is 15.7. The van der Waals surface area contributed by atoms with Gasteiger partial charge in [0.1, 0.15) is 11.4 Å². The molecule has 1 aliphatic carbocycles. The van der Waals surface area contributed by atoms with Gasteiger partial charge in [-0.1, -0.05) is 41.5 Å². The monoisotopic (exact) mass is 691 g/mol. The van der Waals surface area contributed by atoms with Crippen molar-refractivity contribution in [2.45, 2.75) is 88.0 Å². The summed E-state index contributed by atoms with van der Waals surface area (Å²) in [5.74, 6) is 3.21. The molecule has 50 heavy (non-hydrogen) atoms. The zero-order valence-electron chi connectivity index (χ0n) is 31.9. The molecule has 11 heteroatoms. The van der Waals surface area contributed by atoms with Gasteiger partial charge in [-0.25, -0.2) is 19.1 Å². The van der Waals surface area contributed by atoms with E-state index in [1.807, 2.05) is 26.0 Å². The fourth-order valence-corrected chi connectivity index (χ4v) is 7.93. The number of nitrogens with one attached hydrogen (secondary N) is 1. The summed E-state index contributed by atoms with van der Waals surface area (Å²) in [5, 5.41) is 3.36. The highest BCUT2D eigenvalue weighted by Crippen LogP contribution is 2.51. The third-order valence-corrected chi connectivity index (χ3v) is 10.1. The number of methoxy groups -OCH3 is 2. The summed E-state index contributed by atoms with van der Waals surface area (Å²) < 4.78 is 23.8. The van der Waals surface area contributed by atoms with Crippen LogP contribution in [0.15, 0.2) is 12.1 Å². The molecule has 0 saturated heterocycles. The number of nitrogens with zero attached hydrogens (tertiary/aromatic N) is 4. The van der Waals surface area contributed by atoms with Crippen LogP contribution >= 0.6 is 0 Å². The van der Waals surface area contributed by atoms with Crippen molar-refractivity contribution in [2.24, 2.45) is 35.0 Å². The van der Waals surface area contributed by atoms with Gasteiger partial charge in [0.25, 0.3) is 5.69 Å². The Labute approximate surface area is 297 Å². The first-order chi connectivity index (χ1) is 23.6. The Kier molecular flexibility index (Phi) is 12.8. The van der Waals surface area contributed by atoms with Crippen LogP contribution in [0.1, 0.15) is 84.4 Å². The van der Waals surface area contributed by atoms with Gasteiger partial charge >= 0.3 is 12.1 Å². The van der Waals surface area contributed by atoms with Crippen molar-refractivity contribution < 1.29 is 28.5 Å². The van der Waals surface area contributed by atoms with Gasteiger partial charge in [0.2, 0.25) is 5.88 Å². The van der Waals surface area contributed by atoms with Crippen LogP contribution < -0.4 is 9.47 Å². The van der Waals surface area contributed by atoms with Gasteiger partial charge < -0.3 is 23.8 Å². The summed E-state index contributed by atoms with van der Waals surface area (Å²) in [5.41, 5.74) is 4.09. The molecule has 0 radical (unpaired) electrons. The van der Waals surface area contributed by atoms with Crippen LogP contribution in [0.25, 0.3) is 21.9 Å². The number of fused-ring (bicyclic) bond motifs is 1. The molecule has 1 saturated carbocycles. The number of aromatic nitrogens is 3. The quantitative estimate of drug-likeness (QED) is 0.109. The molecule has 274 valence electrons. The highest BCUT2D eigenvalue weighted by atomic mass is 16.6. The maximum absolute atomic E-state index is 13.7. The van der Waals surface area contributed by atoms with Crippen LogP contribution in [-0.4, -0.2) is 72.1 Å². The minimum atomic E-state index is -0.597. The Bertz CT molecular complexity index is 1660. The van der Waals surface area contributed by atoms with Crippen molar-refractivity contribution in [1.29, 1.82) is 0 Å². The number of amides is 1. The van der Waals surface area contributed by atoms with Gasteiger partial charge in [-0.2, -0.15) is 0 Å². The minimum absolute atomic E-state index is 0.0691. The van der Waals surface area contributed by atoms with Gasteiger partial charge in [0, 0.05) is 45.4 Å². The highest BCUT2D eigenvalue weighted by molar-refractivity contribution is 5.80. The maximum atomic E-state index is 13.7. The van der Waals surface area contributed by atoms with Gasteiger partial charge in [0.05, 0.1) is 19.8 Å². The number of H-pyrrole nitrogens is 1. The van der Waals surface area contributed by atoms with Gasteiger partial charge in [-0.05, 0) is 97.8 Å². The summed E-state index contributed by atoms with van der Waals surface area (Å²) in [6, 6.07) is 3.83. The second kappa shape index (κ2) is 16.4. The van der Waals surface area contributed by atoms with Crippen molar-refractivity contribution in [2.75, 3.05) is 40.5 Å². The van der Waals surface area contributed by atoms with Gasteiger partial charge in [-0.15, -0.1) is 0 Å². The minimum Gasteiger partial charge on any atom is -0.426 e. The van der Waals surface area contributed by atoms with Crippen LogP contribution in [0.5, 0.6) is 11.6 Å². The molecule has 1 aromatic carbocycles. The van der Waals surface area contributed by atoms with E-state index in [9.17, 15) is 9.59 Å². The standard InChI is InChI=1S/C39H57N5O6/c1-23(2)17-28-18-24(3)19-32(39(7,8)9)30(28)22-31-33(40-10)37(50-38(46)43(13-15-47-11)14-16-48-12)44-36(31)41-35(42-44)29-20-25(4)34(26(5)21-29)49-27(6)45/h20-21,23-24,28,30,32H,13-19,22H2,1-9,11-12H3,(H,41,42). The van der Waals surface area contributed by atoms with Crippen LogP contribution in [-0.2, 0) is 20.7 Å². The number of benzene rings is 1. The van der Waals surface area contributed by atoms with Crippen LogP contribution in [0, 0.1) is 55.4 Å². The van der Waals surface area contributed by atoms with Crippen LogP contribution in [0.3, 0.4) is 0 Å². The number of aryl methyl sites for hydroxylation is 2. The number of carbonyl (C=O) groups excluding carboxylic acids is 2. The van der Waals surface area contributed by atoms with E-state index in [0.29, 0.717) is 85.2 Å². The number of rotatable bonds is 13. The predicted octanol–water partition coefficient (Wildman–Crippen LogP) is 8.43. The zero-order chi connectivity index (χ0) is 36.9. The summed E-state index contributed by atoms with van der Waals surface area (Å²) in [4.78, 5) is 36.1. The number of hydrogen-bond acceptors (Lipinski definition) is 7. The molecule has 2 heterocycles. The fraction of sp³-hybridized carbons (Fsp3) is 0.641. The molecular weight excluding hydrogens is 634 g/mol. The highest BCUT2D eigenvalue weighted by Gasteiger charge is 2.43. The first-order valence-corrected chi connectivity index (χ1v) is 17.8. The third kappa shape index (κ3) is 8.88. The van der Waals surface area contributed by atoms with Gasteiger partial charge in [0.15, 0.2) is 5.82 Å². The molecule has 0 aliphatic heterocycles. The maximum Gasteiger partial charge on any atom is 0.415 e. The number of ether oxygens (including phenoxy) is 4. The second-order valence-corrected chi connectivity index (χ2v) is 15.7. The smallest absolute Gasteiger partial charge is 0.415 e. The molecular formula is C39H57N5O6. The topological polar surface area (TPSA) is 112 Å². The molecule has 4 rings (SSSR count). The van der Waals surface area contributed by atoms with Crippen molar-refractivity contribution >= 4 is 23.4 Å². The number of esters is 1. The van der Waals surface area contributed by atoms with E-state index in [1.54, 1.807) is 18.7 Å². The van der Waals surface area contributed by atoms with Crippen molar-refractivity contribution in [1.82, 2.24) is 19.5 Å². The molecule has 4 atom stereocenters. The molecule has 11 nitrogen and oxygen atoms in total. The van der Waals surface area contributed by atoms with Gasteiger partial charge in [-0.3, -0.25) is 9.89 Å². The molecule has 1 aliphatic rings. The predicted molar refractivity (Wildman–Crippen MR) is 195 cm³/mol. The van der Waals surface area contributed by atoms with Crippen LogP contribution in [0.2, 0.25) is 0 Å². The molecule has 1 amide bonds. The number of hydrogen-bond donors (Lipinski definition) is 1.